The van der Waals surface area contributed by atoms with Gasteiger partial charge < -0.3 is 9.31 Å². The van der Waals surface area contributed by atoms with Crippen LogP contribution in [0.15, 0.2) is 78.9 Å². The van der Waals surface area contributed by atoms with E-state index in [4.69, 9.17) is 9.31 Å². The van der Waals surface area contributed by atoms with Crippen molar-refractivity contribution in [3.05, 3.63) is 90.0 Å². The Morgan fingerprint density at radius 2 is 1.34 bits per heavy atom. The Hall–Kier alpha value is -2.92. The molecule has 0 radical (unpaired) electrons. The van der Waals surface area contributed by atoms with E-state index in [1.807, 2.05) is 11.3 Å². The molecule has 1 spiro atoms. The van der Waals surface area contributed by atoms with Gasteiger partial charge in [0.15, 0.2) is 0 Å². The van der Waals surface area contributed by atoms with Crippen LogP contribution in [0.5, 0.6) is 0 Å². The fourth-order valence-electron chi connectivity index (χ4n) is 9.61. The Morgan fingerprint density at radius 1 is 0.682 bits per heavy atom. The van der Waals surface area contributed by atoms with Crippen molar-refractivity contribution >= 4 is 44.1 Å². The lowest BCUT2D eigenvalue weighted by molar-refractivity contribution is 0.00578. The van der Waals surface area contributed by atoms with E-state index in [1.165, 1.54) is 74.5 Å². The molecule has 4 aliphatic rings. The molecule has 2 saturated carbocycles. The molecular weight excluding hydrogens is 555 g/mol. The van der Waals surface area contributed by atoms with E-state index in [-0.39, 0.29) is 23.7 Å². The molecule has 222 valence electrons. The molecule has 2 bridgehead atoms. The molecule has 4 unspecified atom stereocenters. The van der Waals surface area contributed by atoms with E-state index in [1.54, 1.807) is 11.1 Å². The first-order valence-electron chi connectivity index (χ1n) is 16.7. The maximum absolute atomic E-state index is 6.56. The van der Waals surface area contributed by atoms with Gasteiger partial charge >= 0.3 is 7.12 Å². The summed E-state index contributed by atoms with van der Waals surface area (Å²) in [4.78, 5) is 0. The Balaban J connectivity index is 1.25. The minimum atomic E-state index is -0.374. The van der Waals surface area contributed by atoms with Gasteiger partial charge in [0, 0.05) is 31.2 Å². The molecule has 4 aromatic carbocycles. The molecule has 44 heavy (non-hydrogen) atoms. The van der Waals surface area contributed by atoms with Crippen LogP contribution in [0.4, 0.5) is 0 Å². The van der Waals surface area contributed by atoms with Crippen LogP contribution in [0.25, 0.3) is 42.4 Å². The van der Waals surface area contributed by atoms with E-state index in [9.17, 15) is 0 Å². The van der Waals surface area contributed by atoms with Gasteiger partial charge in [-0.15, -0.1) is 11.3 Å². The third-order valence-electron chi connectivity index (χ3n) is 12.3. The van der Waals surface area contributed by atoms with Gasteiger partial charge in [-0.1, -0.05) is 85.8 Å². The van der Waals surface area contributed by atoms with Crippen molar-refractivity contribution < 1.29 is 9.31 Å². The van der Waals surface area contributed by atoms with Gasteiger partial charge in [-0.3, -0.25) is 0 Å². The highest BCUT2D eigenvalue weighted by molar-refractivity contribution is 7.27. The summed E-state index contributed by atoms with van der Waals surface area (Å²) in [6, 6.07) is 30.2. The van der Waals surface area contributed by atoms with Crippen molar-refractivity contribution in [3.63, 3.8) is 0 Å². The predicted octanol–water partition coefficient (Wildman–Crippen LogP) is 10.1. The summed E-state index contributed by atoms with van der Waals surface area (Å²) in [5.41, 5.74) is 9.39. The highest BCUT2D eigenvalue weighted by Crippen LogP contribution is 2.63. The summed E-state index contributed by atoms with van der Waals surface area (Å²) in [5.74, 6) is 2.45. The molecule has 0 N–H and O–H groups in total. The second-order valence-corrected chi connectivity index (χ2v) is 16.3. The summed E-state index contributed by atoms with van der Waals surface area (Å²) < 4.78 is 15.7. The van der Waals surface area contributed by atoms with E-state index in [0.29, 0.717) is 0 Å². The quantitative estimate of drug-likeness (QED) is 0.189. The monoisotopic (exact) mass is 596 g/mol. The lowest BCUT2D eigenvalue weighted by Crippen LogP contribution is -2.44. The van der Waals surface area contributed by atoms with Crippen molar-refractivity contribution in [2.24, 2.45) is 17.8 Å². The van der Waals surface area contributed by atoms with Crippen LogP contribution in [0, 0.1) is 17.8 Å². The lowest BCUT2D eigenvalue weighted by atomic mass is 9.53. The summed E-state index contributed by atoms with van der Waals surface area (Å²) in [5, 5.41) is 2.61. The molecule has 0 amide bonds. The minimum Gasteiger partial charge on any atom is -0.399 e. The normalized spacial score (nSPS) is 28.1. The summed E-state index contributed by atoms with van der Waals surface area (Å²) in [7, 11) is -0.374. The zero-order valence-electron chi connectivity index (χ0n) is 26.6. The minimum absolute atomic E-state index is 0.144. The van der Waals surface area contributed by atoms with Crippen molar-refractivity contribution in [1.29, 1.82) is 0 Å². The molecule has 4 heteroatoms. The highest BCUT2D eigenvalue weighted by Gasteiger charge is 2.54. The summed E-state index contributed by atoms with van der Waals surface area (Å²) in [6.45, 7) is 11.0. The SMILES string of the molecule is CC1CC2CCC3(c4ccccc4-c4c(-c5cccc6c5sc5c(B7OC(C)(C)C(C)(C)O7)cccc56)cccc43)C(C1)C2. The van der Waals surface area contributed by atoms with E-state index in [0.717, 1.165) is 23.2 Å². The number of hydrogen-bond donors (Lipinski definition) is 0. The van der Waals surface area contributed by atoms with E-state index in [2.05, 4.69) is 113 Å². The lowest BCUT2D eigenvalue weighted by Gasteiger charge is -2.50. The largest absolute Gasteiger partial charge is 0.496 e. The smallest absolute Gasteiger partial charge is 0.399 e. The topological polar surface area (TPSA) is 18.5 Å². The second kappa shape index (κ2) is 9.31. The van der Waals surface area contributed by atoms with Crippen molar-refractivity contribution in [3.8, 4) is 22.3 Å². The molecule has 1 aliphatic heterocycles. The Labute approximate surface area is 265 Å². The molecule has 1 saturated heterocycles. The predicted molar refractivity (Wildman–Crippen MR) is 186 cm³/mol. The number of rotatable bonds is 2. The van der Waals surface area contributed by atoms with Gasteiger partial charge in [0.25, 0.3) is 0 Å². The zero-order valence-corrected chi connectivity index (χ0v) is 27.4. The maximum atomic E-state index is 6.56. The number of benzene rings is 4. The van der Waals surface area contributed by atoms with Crippen LogP contribution in [0.2, 0.25) is 0 Å². The molecule has 3 aliphatic carbocycles. The van der Waals surface area contributed by atoms with Crippen molar-refractivity contribution in [1.82, 2.24) is 0 Å². The van der Waals surface area contributed by atoms with Gasteiger partial charge in [0.05, 0.1) is 11.2 Å². The van der Waals surface area contributed by atoms with Gasteiger partial charge in [-0.25, -0.2) is 0 Å². The average Bonchev–Trinajstić information content (AvgIpc) is 3.60. The Bertz CT molecular complexity index is 1950. The van der Waals surface area contributed by atoms with Crippen molar-refractivity contribution in [2.45, 2.75) is 83.3 Å². The first kappa shape index (κ1) is 27.4. The molecule has 1 aromatic heterocycles. The van der Waals surface area contributed by atoms with Gasteiger partial charge in [0.2, 0.25) is 0 Å². The van der Waals surface area contributed by atoms with E-state index < -0.39 is 0 Å². The third-order valence-corrected chi connectivity index (χ3v) is 13.6. The fraction of sp³-hybridized carbons (Fsp3) is 0.400. The molecule has 5 aromatic rings. The van der Waals surface area contributed by atoms with Crippen LogP contribution in [-0.2, 0) is 14.7 Å². The zero-order chi connectivity index (χ0) is 30.0. The standard InChI is InChI=1S/C40H41BO2S/c1-24-21-25-19-20-40(26(22-24)23-25)32-16-7-6-11-31(32)35-27(12-9-17-33(35)40)28-13-8-14-29-30-15-10-18-34(37(30)44-36(28)29)41-42-38(2,3)39(4,5)43-41/h6-18,24-26H,19-23H2,1-5H3. The van der Waals surface area contributed by atoms with Crippen molar-refractivity contribution in [2.75, 3.05) is 0 Å². The molecule has 2 heterocycles. The van der Waals surface area contributed by atoms with Crippen LogP contribution >= 0.6 is 11.3 Å². The molecule has 3 fully saturated rings. The maximum Gasteiger partial charge on any atom is 0.496 e. The number of hydrogen-bond acceptors (Lipinski definition) is 3. The highest BCUT2D eigenvalue weighted by atomic mass is 32.1. The third kappa shape index (κ3) is 3.62. The number of fused-ring (bicyclic) bond motifs is 11. The van der Waals surface area contributed by atoms with E-state index >= 15 is 0 Å². The van der Waals surface area contributed by atoms with Gasteiger partial charge in [-0.2, -0.15) is 0 Å². The van der Waals surface area contributed by atoms with Gasteiger partial charge in [-0.05, 0) is 111 Å². The second-order valence-electron chi connectivity index (χ2n) is 15.3. The number of thiophene rings is 1. The van der Waals surface area contributed by atoms with Gasteiger partial charge in [0.1, 0.15) is 0 Å². The van der Waals surface area contributed by atoms with Crippen LogP contribution in [0.1, 0.15) is 77.8 Å². The first-order valence-corrected chi connectivity index (χ1v) is 17.5. The first-order chi connectivity index (χ1) is 21.2. The summed E-state index contributed by atoms with van der Waals surface area (Å²) in [6.07, 6.45) is 6.79. The molecule has 2 nitrogen and oxygen atoms in total. The van der Waals surface area contributed by atoms with Crippen LogP contribution in [0.3, 0.4) is 0 Å². The molecule has 4 atom stereocenters. The van der Waals surface area contributed by atoms with Crippen LogP contribution in [-0.4, -0.2) is 18.3 Å². The Kier molecular flexibility index (Phi) is 5.80. The summed E-state index contributed by atoms with van der Waals surface area (Å²) >= 11 is 1.91. The van der Waals surface area contributed by atoms with Crippen LogP contribution < -0.4 is 5.46 Å². The molecular formula is C40H41BO2S. The average molecular weight is 597 g/mol. The fourth-order valence-corrected chi connectivity index (χ4v) is 11.0. The Morgan fingerprint density at radius 3 is 2.16 bits per heavy atom. The molecule has 9 rings (SSSR count).